The molecule has 4 rings (SSSR count). The maximum Gasteiger partial charge on any atom is 0.231 e. The Kier molecular flexibility index (Phi) is 5.43. The van der Waals surface area contributed by atoms with Gasteiger partial charge in [0.1, 0.15) is 0 Å². The molecular formula is C22H26O7. The van der Waals surface area contributed by atoms with E-state index >= 15 is 0 Å². The van der Waals surface area contributed by atoms with Gasteiger partial charge in [0.25, 0.3) is 0 Å². The average molecular weight is 402 g/mol. The number of aliphatic hydroxyl groups excluding tert-OH is 2. The lowest BCUT2D eigenvalue weighted by Gasteiger charge is -2.39. The van der Waals surface area contributed by atoms with Crippen LogP contribution >= 0.6 is 0 Å². The Labute approximate surface area is 169 Å². The molecule has 1 aliphatic carbocycles. The Hall–Kier alpha value is -2.64. The summed E-state index contributed by atoms with van der Waals surface area (Å²) in [6.45, 7) is 0.0979. The van der Waals surface area contributed by atoms with Crippen LogP contribution in [0, 0.1) is 11.8 Å². The van der Waals surface area contributed by atoms with Crippen molar-refractivity contribution in [3.8, 4) is 28.7 Å². The lowest BCUT2D eigenvalue weighted by Crippen LogP contribution is -2.35. The highest BCUT2D eigenvalue weighted by molar-refractivity contribution is 5.63. The number of aliphatic hydroxyl groups is 2. The molecule has 0 radical (unpaired) electrons. The minimum atomic E-state index is -0.217. The number of hydrogen-bond donors (Lipinski definition) is 2. The summed E-state index contributed by atoms with van der Waals surface area (Å²) in [6.07, 6.45) is 0.606. The van der Waals surface area contributed by atoms with Crippen LogP contribution < -0.4 is 23.7 Å². The molecule has 0 fully saturated rings. The summed E-state index contributed by atoms with van der Waals surface area (Å²) in [6, 6.07) is 7.73. The Morgan fingerprint density at radius 3 is 2.34 bits per heavy atom. The van der Waals surface area contributed by atoms with Gasteiger partial charge in [-0.05, 0) is 47.6 Å². The van der Waals surface area contributed by atoms with Gasteiger partial charge in [0.05, 0.1) is 21.3 Å². The van der Waals surface area contributed by atoms with Crippen molar-refractivity contribution in [1.82, 2.24) is 0 Å². The zero-order valence-electron chi connectivity index (χ0n) is 16.8. The monoisotopic (exact) mass is 402 g/mol. The van der Waals surface area contributed by atoms with Crippen molar-refractivity contribution < 1.29 is 33.9 Å². The van der Waals surface area contributed by atoms with Crippen molar-refractivity contribution in [1.29, 1.82) is 0 Å². The molecule has 3 atom stereocenters. The average Bonchev–Trinajstić information content (AvgIpc) is 3.23. The summed E-state index contributed by atoms with van der Waals surface area (Å²) in [5.74, 6) is 2.52. The van der Waals surface area contributed by atoms with Gasteiger partial charge in [0.15, 0.2) is 23.0 Å². The molecule has 0 unspecified atom stereocenters. The van der Waals surface area contributed by atoms with E-state index in [1.54, 1.807) is 21.3 Å². The van der Waals surface area contributed by atoms with Crippen LogP contribution in [0.15, 0.2) is 24.3 Å². The van der Waals surface area contributed by atoms with E-state index in [9.17, 15) is 10.2 Å². The zero-order valence-corrected chi connectivity index (χ0v) is 16.8. The highest BCUT2D eigenvalue weighted by Crippen LogP contribution is 2.53. The molecular weight excluding hydrogens is 376 g/mol. The fourth-order valence-electron chi connectivity index (χ4n) is 4.63. The summed E-state index contributed by atoms with van der Waals surface area (Å²) in [4.78, 5) is 0. The molecule has 0 spiro atoms. The molecule has 0 amide bonds. The predicted octanol–water partition coefficient (Wildman–Crippen LogP) is 2.35. The molecule has 0 bridgehead atoms. The molecule has 2 aromatic rings. The second kappa shape index (κ2) is 8.00. The summed E-state index contributed by atoms with van der Waals surface area (Å²) in [5.41, 5.74) is 2.90. The van der Waals surface area contributed by atoms with Gasteiger partial charge >= 0.3 is 0 Å². The van der Waals surface area contributed by atoms with Crippen LogP contribution in [-0.2, 0) is 6.42 Å². The summed E-state index contributed by atoms with van der Waals surface area (Å²) in [7, 11) is 4.76. The molecule has 0 saturated heterocycles. The van der Waals surface area contributed by atoms with Crippen molar-refractivity contribution in [2.75, 3.05) is 41.3 Å². The second-order valence-electron chi connectivity index (χ2n) is 7.30. The summed E-state index contributed by atoms with van der Waals surface area (Å²) < 4.78 is 27.9. The first-order valence-corrected chi connectivity index (χ1v) is 9.59. The minimum Gasteiger partial charge on any atom is -0.493 e. The van der Waals surface area contributed by atoms with Crippen LogP contribution in [0.3, 0.4) is 0 Å². The van der Waals surface area contributed by atoms with Gasteiger partial charge in [0.2, 0.25) is 12.5 Å². The van der Waals surface area contributed by atoms with Crippen molar-refractivity contribution in [2.45, 2.75) is 12.3 Å². The number of fused-ring (bicyclic) bond motifs is 2. The van der Waals surface area contributed by atoms with Crippen molar-refractivity contribution in [2.24, 2.45) is 11.8 Å². The summed E-state index contributed by atoms with van der Waals surface area (Å²) >= 11 is 0. The van der Waals surface area contributed by atoms with Crippen molar-refractivity contribution in [3.63, 3.8) is 0 Å². The molecule has 1 aliphatic heterocycles. The van der Waals surface area contributed by atoms with Crippen LogP contribution in [0.4, 0.5) is 0 Å². The quantitative estimate of drug-likeness (QED) is 0.767. The van der Waals surface area contributed by atoms with Crippen LogP contribution in [0.2, 0.25) is 0 Å². The first-order valence-electron chi connectivity index (χ1n) is 9.59. The van der Waals surface area contributed by atoms with Gasteiger partial charge in [-0.1, -0.05) is 6.07 Å². The number of ether oxygens (including phenoxy) is 5. The smallest absolute Gasteiger partial charge is 0.231 e. The van der Waals surface area contributed by atoms with Gasteiger partial charge in [-0.2, -0.15) is 0 Å². The fraction of sp³-hybridized carbons (Fsp3) is 0.455. The molecule has 156 valence electrons. The van der Waals surface area contributed by atoms with Crippen LogP contribution in [0.1, 0.15) is 22.6 Å². The molecule has 29 heavy (non-hydrogen) atoms. The maximum atomic E-state index is 10.3. The lowest BCUT2D eigenvalue weighted by atomic mass is 9.66. The highest BCUT2D eigenvalue weighted by Gasteiger charge is 2.41. The first-order chi connectivity index (χ1) is 14.2. The Bertz CT molecular complexity index is 895. The SMILES string of the molecule is COc1cc2c(c(OC)c1OC)[C@H](c1ccc3c(c1)OCO3)[C@@H](CO)[C@H](CO)C2. The van der Waals surface area contributed by atoms with E-state index in [0.29, 0.717) is 35.2 Å². The molecule has 2 aromatic carbocycles. The van der Waals surface area contributed by atoms with E-state index in [1.165, 1.54) is 0 Å². The maximum absolute atomic E-state index is 10.3. The minimum absolute atomic E-state index is 0.0254. The van der Waals surface area contributed by atoms with Gasteiger partial charge in [-0.25, -0.2) is 0 Å². The van der Waals surface area contributed by atoms with Gasteiger partial charge in [-0.3, -0.25) is 0 Å². The van der Waals surface area contributed by atoms with E-state index in [2.05, 4.69) is 0 Å². The molecule has 2 aliphatic rings. The Morgan fingerprint density at radius 1 is 0.931 bits per heavy atom. The highest BCUT2D eigenvalue weighted by atomic mass is 16.7. The number of hydrogen-bond acceptors (Lipinski definition) is 7. The van der Waals surface area contributed by atoms with E-state index < -0.39 is 0 Å². The third kappa shape index (κ3) is 3.14. The Morgan fingerprint density at radius 2 is 1.69 bits per heavy atom. The third-order valence-corrected chi connectivity index (χ3v) is 5.98. The van der Waals surface area contributed by atoms with Crippen molar-refractivity contribution in [3.05, 3.63) is 41.0 Å². The van der Waals surface area contributed by atoms with Crippen LogP contribution in [-0.4, -0.2) is 51.5 Å². The fourth-order valence-corrected chi connectivity index (χ4v) is 4.63. The van der Waals surface area contributed by atoms with E-state index in [-0.39, 0.29) is 37.8 Å². The van der Waals surface area contributed by atoms with E-state index in [0.717, 1.165) is 16.7 Å². The van der Waals surface area contributed by atoms with Gasteiger partial charge < -0.3 is 33.9 Å². The Balaban J connectivity index is 1.96. The molecule has 0 aromatic heterocycles. The molecule has 0 saturated carbocycles. The van der Waals surface area contributed by atoms with Crippen LogP contribution in [0.5, 0.6) is 28.7 Å². The topological polar surface area (TPSA) is 86.6 Å². The molecule has 7 nitrogen and oxygen atoms in total. The third-order valence-electron chi connectivity index (χ3n) is 5.98. The number of rotatable bonds is 6. The largest absolute Gasteiger partial charge is 0.493 e. The summed E-state index contributed by atoms with van der Waals surface area (Å²) in [5, 5.41) is 20.3. The second-order valence-corrected chi connectivity index (χ2v) is 7.30. The number of methoxy groups -OCH3 is 3. The molecule has 1 heterocycles. The van der Waals surface area contributed by atoms with Crippen LogP contribution in [0.25, 0.3) is 0 Å². The lowest BCUT2D eigenvalue weighted by molar-refractivity contribution is 0.1000. The van der Waals surface area contributed by atoms with Gasteiger partial charge in [-0.15, -0.1) is 0 Å². The normalized spacial score (nSPS) is 22.2. The predicted molar refractivity (Wildman–Crippen MR) is 105 cm³/mol. The zero-order chi connectivity index (χ0) is 20.5. The van der Waals surface area contributed by atoms with E-state index in [1.807, 2.05) is 24.3 Å². The van der Waals surface area contributed by atoms with Crippen molar-refractivity contribution >= 4 is 0 Å². The standard InChI is InChI=1S/C22H26O7/c1-25-18-8-13-6-14(9-23)15(10-24)19(20(13)22(27-3)21(18)26-2)12-4-5-16-17(7-12)29-11-28-16/h4-5,7-8,14-15,19,23-24H,6,9-11H2,1-3H3/t14-,15-,19+/m0/s1. The number of benzene rings is 2. The van der Waals surface area contributed by atoms with E-state index in [4.69, 9.17) is 23.7 Å². The molecule has 2 N–H and O–H groups in total. The van der Waals surface area contributed by atoms with Gasteiger partial charge in [0, 0.05) is 24.7 Å². The first kappa shape index (κ1) is 19.7. The molecule has 7 heteroatoms.